The Hall–Kier alpha value is -0.850. The third kappa shape index (κ3) is 5.33. The highest BCUT2D eigenvalue weighted by Crippen LogP contribution is 2.39. The number of guanidine groups is 1. The van der Waals surface area contributed by atoms with Crippen LogP contribution >= 0.6 is 0 Å². The van der Waals surface area contributed by atoms with Gasteiger partial charge in [-0.2, -0.15) is 0 Å². The lowest BCUT2D eigenvalue weighted by Gasteiger charge is -2.36. The molecule has 3 N–H and O–H groups in total. The molecule has 2 unspecified atom stereocenters. The molecule has 0 bridgehead atoms. The van der Waals surface area contributed by atoms with Gasteiger partial charge in [0, 0.05) is 38.8 Å². The molecule has 0 spiro atoms. The van der Waals surface area contributed by atoms with E-state index in [4.69, 9.17) is 9.73 Å². The van der Waals surface area contributed by atoms with Crippen LogP contribution in [0.15, 0.2) is 4.99 Å². The molecule has 0 aromatic heterocycles. The molecule has 0 aromatic rings. The number of ether oxygens (including phenoxy) is 1. The van der Waals surface area contributed by atoms with Crippen LogP contribution in [0.25, 0.3) is 0 Å². The summed E-state index contributed by atoms with van der Waals surface area (Å²) >= 11 is 0. The van der Waals surface area contributed by atoms with Gasteiger partial charge in [0.2, 0.25) is 0 Å². The predicted molar refractivity (Wildman–Crippen MR) is 106 cm³/mol. The van der Waals surface area contributed by atoms with Gasteiger partial charge in [-0.25, -0.2) is 0 Å². The van der Waals surface area contributed by atoms with E-state index in [0.717, 1.165) is 45.2 Å². The standard InChI is InChI=1S/C20H38N4O2/c1-2-21-19(23-16-20(10-12-25)8-4-3-5-9-20)22-13-18-14-24-11-6-7-17(24)15-26-18/h17-18,25H,2-16H2,1H3,(H2,21,22,23). The van der Waals surface area contributed by atoms with Crippen molar-refractivity contribution in [1.29, 1.82) is 0 Å². The maximum atomic E-state index is 9.50. The Bertz CT molecular complexity index is 446. The normalized spacial score (nSPS) is 29.4. The molecular formula is C20H38N4O2. The first-order chi connectivity index (χ1) is 12.7. The topological polar surface area (TPSA) is 69.1 Å². The fourth-order valence-corrected chi connectivity index (χ4v) is 4.83. The number of fused-ring (bicyclic) bond motifs is 1. The molecule has 3 rings (SSSR count). The molecule has 0 radical (unpaired) electrons. The van der Waals surface area contributed by atoms with E-state index in [9.17, 15) is 5.11 Å². The van der Waals surface area contributed by atoms with E-state index in [2.05, 4.69) is 22.5 Å². The Labute approximate surface area is 158 Å². The van der Waals surface area contributed by atoms with Crippen molar-refractivity contribution in [3.05, 3.63) is 0 Å². The molecule has 1 aliphatic carbocycles. The van der Waals surface area contributed by atoms with Crippen LogP contribution < -0.4 is 10.6 Å². The van der Waals surface area contributed by atoms with Crippen LogP contribution in [0.4, 0.5) is 0 Å². The molecule has 6 nitrogen and oxygen atoms in total. The summed E-state index contributed by atoms with van der Waals surface area (Å²) in [4.78, 5) is 7.47. The fourth-order valence-electron chi connectivity index (χ4n) is 4.83. The van der Waals surface area contributed by atoms with Gasteiger partial charge in [-0.05, 0) is 51.0 Å². The van der Waals surface area contributed by atoms with E-state index in [1.54, 1.807) is 0 Å². The van der Waals surface area contributed by atoms with Crippen molar-refractivity contribution in [3.63, 3.8) is 0 Å². The van der Waals surface area contributed by atoms with Gasteiger partial charge in [0.05, 0.1) is 12.7 Å². The Kier molecular flexibility index (Phi) is 7.58. The number of nitrogens with zero attached hydrogens (tertiary/aromatic N) is 2. The summed E-state index contributed by atoms with van der Waals surface area (Å²) in [7, 11) is 0. The minimum Gasteiger partial charge on any atom is -0.396 e. The summed E-state index contributed by atoms with van der Waals surface area (Å²) in [5.74, 6) is 0.891. The summed E-state index contributed by atoms with van der Waals surface area (Å²) < 4.78 is 6.05. The summed E-state index contributed by atoms with van der Waals surface area (Å²) in [5.41, 5.74) is 0.194. The van der Waals surface area contributed by atoms with E-state index in [0.29, 0.717) is 6.04 Å². The lowest BCUT2D eigenvalue weighted by Crippen LogP contribution is -2.51. The van der Waals surface area contributed by atoms with Gasteiger partial charge in [-0.1, -0.05) is 19.3 Å². The molecule has 26 heavy (non-hydrogen) atoms. The smallest absolute Gasteiger partial charge is 0.191 e. The van der Waals surface area contributed by atoms with Crippen LogP contribution in [-0.4, -0.2) is 74.0 Å². The third-order valence-electron chi connectivity index (χ3n) is 6.43. The lowest BCUT2D eigenvalue weighted by molar-refractivity contribution is -0.0453. The van der Waals surface area contributed by atoms with Gasteiger partial charge in [0.15, 0.2) is 5.96 Å². The van der Waals surface area contributed by atoms with Crippen LogP contribution in [-0.2, 0) is 4.74 Å². The number of hydrogen-bond acceptors (Lipinski definition) is 4. The zero-order valence-electron chi connectivity index (χ0n) is 16.5. The molecule has 3 fully saturated rings. The van der Waals surface area contributed by atoms with Gasteiger partial charge in [-0.3, -0.25) is 9.89 Å². The largest absolute Gasteiger partial charge is 0.396 e. The highest BCUT2D eigenvalue weighted by atomic mass is 16.5. The second-order valence-electron chi connectivity index (χ2n) is 8.36. The maximum absolute atomic E-state index is 9.50. The van der Waals surface area contributed by atoms with Crippen LogP contribution in [0.5, 0.6) is 0 Å². The average molecular weight is 367 g/mol. The highest BCUT2D eigenvalue weighted by molar-refractivity contribution is 5.79. The number of morpholine rings is 1. The molecule has 1 saturated carbocycles. The SMILES string of the molecule is CCNC(=NCC1(CCO)CCCCC1)NCC1CN2CCCC2CO1. The van der Waals surface area contributed by atoms with Crippen molar-refractivity contribution in [2.45, 2.75) is 70.4 Å². The number of hydrogen-bond donors (Lipinski definition) is 3. The monoisotopic (exact) mass is 366 g/mol. The molecule has 2 aliphatic heterocycles. The Morgan fingerprint density at radius 2 is 2.08 bits per heavy atom. The van der Waals surface area contributed by atoms with Gasteiger partial charge < -0.3 is 20.5 Å². The molecule has 3 aliphatic rings. The second kappa shape index (κ2) is 9.90. The molecule has 0 amide bonds. The third-order valence-corrected chi connectivity index (χ3v) is 6.43. The van der Waals surface area contributed by atoms with Crippen LogP contribution in [0.2, 0.25) is 0 Å². The number of aliphatic hydroxyl groups excluding tert-OH is 1. The van der Waals surface area contributed by atoms with Crippen LogP contribution in [0.1, 0.15) is 58.3 Å². The molecule has 2 heterocycles. The minimum absolute atomic E-state index is 0.194. The number of rotatable bonds is 7. The first-order valence-electron chi connectivity index (χ1n) is 10.7. The van der Waals surface area contributed by atoms with Crippen molar-refractivity contribution >= 4 is 5.96 Å². The summed E-state index contributed by atoms with van der Waals surface area (Å²) in [6, 6.07) is 0.651. The Morgan fingerprint density at radius 1 is 1.23 bits per heavy atom. The first kappa shape index (κ1) is 19.9. The molecule has 6 heteroatoms. The van der Waals surface area contributed by atoms with Crippen molar-refractivity contribution in [2.24, 2.45) is 10.4 Å². The maximum Gasteiger partial charge on any atom is 0.191 e. The van der Waals surface area contributed by atoms with Crippen molar-refractivity contribution in [2.75, 3.05) is 45.9 Å². The van der Waals surface area contributed by atoms with E-state index in [-0.39, 0.29) is 18.1 Å². The zero-order chi connectivity index (χ0) is 18.2. The van der Waals surface area contributed by atoms with E-state index >= 15 is 0 Å². The van der Waals surface area contributed by atoms with Crippen LogP contribution in [0.3, 0.4) is 0 Å². The van der Waals surface area contributed by atoms with Crippen molar-refractivity contribution in [1.82, 2.24) is 15.5 Å². The minimum atomic E-state index is 0.194. The van der Waals surface area contributed by atoms with Crippen molar-refractivity contribution < 1.29 is 9.84 Å². The molecule has 2 atom stereocenters. The lowest BCUT2D eigenvalue weighted by atomic mass is 9.72. The average Bonchev–Trinajstić information content (AvgIpc) is 3.13. The zero-order valence-corrected chi connectivity index (χ0v) is 16.5. The van der Waals surface area contributed by atoms with Crippen LogP contribution in [0, 0.1) is 5.41 Å². The first-order valence-corrected chi connectivity index (χ1v) is 10.7. The van der Waals surface area contributed by atoms with Crippen molar-refractivity contribution in [3.8, 4) is 0 Å². The fraction of sp³-hybridized carbons (Fsp3) is 0.950. The second-order valence-corrected chi connectivity index (χ2v) is 8.36. The van der Waals surface area contributed by atoms with E-state index < -0.39 is 0 Å². The highest BCUT2D eigenvalue weighted by Gasteiger charge is 2.33. The predicted octanol–water partition coefficient (Wildman–Crippen LogP) is 1.74. The molecular weight excluding hydrogens is 328 g/mol. The van der Waals surface area contributed by atoms with E-state index in [1.165, 1.54) is 51.5 Å². The Balaban J connectivity index is 1.51. The summed E-state index contributed by atoms with van der Waals surface area (Å²) in [6.45, 7) is 7.98. The van der Waals surface area contributed by atoms with E-state index in [1.807, 2.05) is 0 Å². The molecule has 2 saturated heterocycles. The number of nitrogens with one attached hydrogen (secondary N) is 2. The molecule has 150 valence electrons. The number of aliphatic hydroxyl groups is 1. The van der Waals surface area contributed by atoms with Gasteiger partial charge in [-0.15, -0.1) is 0 Å². The number of aliphatic imine (C=N–C) groups is 1. The van der Waals surface area contributed by atoms with Gasteiger partial charge in [0.25, 0.3) is 0 Å². The van der Waals surface area contributed by atoms with Gasteiger partial charge >= 0.3 is 0 Å². The Morgan fingerprint density at radius 3 is 2.85 bits per heavy atom. The molecule has 0 aromatic carbocycles. The summed E-state index contributed by atoms with van der Waals surface area (Å²) in [5, 5.41) is 16.4. The van der Waals surface area contributed by atoms with Gasteiger partial charge in [0.1, 0.15) is 0 Å². The summed E-state index contributed by atoms with van der Waals surface area (Å²) in [6.07, 6.45) is 9.97. The quantitative estimate of drug-likeness (QED) is 0.473.